The first-order chi connectivity index (χ1) is 10.4. The van der Waals surface area contributed by atoms with Gasteiger partial charge >= 0.3 is 0 Å². The van der Waals surface area contributed by atoms with Gasteiger partial charge in [-0.2, -0.15) is 0 Å². The Hall–Kier alpha value is -0.970. The van der Waals surface area contributed by atoms with Crippen molar-refractivity contribution in [2.45, 2.75) is 38.3 Å². The van der Waals surface area contributed by atoms with Crippen LogP contribution >= 0.6 is 24.0 Å². The number of hydrogen-bond acceptors (Lipinski definition) is 3. The highest BCUT2D eigenvalue weighted by Gasteiger charge is 2.45. The molecule has 1 aromatic carbocycles. The molecule has 1 saturated carbocycles. The molecular formula is C17H24Cl2N2O2. The second kappa shape index (κ2) is 6.88. The van der Waals surface area contributed by atoms with Crippen molar-refractivity contribution in [1.29, 1.82) is 0 Å². The van der Waals surface area contributed by atoms with Crippen LogP contribution in [-0.2, 0) is 4.79 Å². The lowest BCUT2D eigenvalue weighted by Crippen LogP contribution is -2.48. The number of likely N-dealkylation sites (tertiary alicyclic amines) is 1. The molecule has 1 aromatic rings. The minimum atomic E-state index is -0.892. The third kappa shape index (κ3) is 3.76. The number of hydrogen-bond donors (Lipinski definition) is 1. The lowest BCUT2D eigenvalue weighted by Gasteiger charge is -2.30. The fourth-order valence-corrected chi connectivity index (χ4v) is 3.82. The van der Waals surface area contributed by atoms with E-state index in [0.717, 1.165) is 25.9 Å². The van der Waals surface area contributed by atoms with Crippen LogP contribution in [0.25, 0.3) is 0 Å². The Balaban J connectivity index is 0.00000192. The Morgan fingerprint density at radius 3 is 2.52 bits per heavy atom. The van der Waals surface area contributed by atoms with Crippen molar-refractivity contribution >= 4 is 29.9 Å². The number of halogens is 2. The van der Waals surface area contributed by atoms with Crippen LogP contribution in [0, 0.1) is 11.8 Å². The van der Waals surface area contributed by atoms with Crippen LogP contribution in [0.15, 0.2) is 24.3 Å². The quantitative estimate of drug-likeness (QED) is 0.902. The molecule has 2 aliphatic rings. The predicted molar refractivity (Wildman–Crippen MR) is 94.2 cm³/mol. The highest BCUT2D eigenvalue weighted by molar-refractivity contribution is 6.30. The van der Waals surface area contributed by atoms with E-state index in [2.05, 4.69) is 0 Å². The summed E-state index contributed by atoms with van der Waals surface area (Å²) in [6.45, 7) is 5.21. The van der Waals surface area contributed by atoms with Crippen LogP contribution in [0.5, 0.6) is 5.75 Å². The number of carbonyl (C=O) groups is 1. The van der Waals surface area contributed by atoms with Gasteiger partial charge in [-0.3, -0.25) is 4.79 Å². The maximum Gasteiger partial charge on any atom is 0.266 e. The van der Waals surface area contributed by atoms with Gasteiger partial charge in [0.05, 0.1) is 0 Å². The van der Waals surface area contributed by atoms with Crippen LogP contribution in [0.4, 0.5) is 0 Å². The molecule has 0 bridgehead atoms. The Kier molecular flexibility index (Phi) is 5.49. The molecule has 0 spiro atoms. The number of fused-ring (bicyclic) bond motifs is 1. The first kappa shape index (κ1) is 18.4. The van der Waals surface area contributed by atoms with Gasteiger partial charge < -0.3 is 15.4 Å². The van der Waals surface area contributed by atoms with Crippen LogP contribution in [0.2, 0.25) is 5.02 Å². The molecule has 1 aliphatic carbocycles. The minimum Gasteiger partial charge on any atom is -0.478 e. The Labute approximate surface area is 148 Å². The zero-order valence-corrected chi connectivity index (χ0v) is 15.1. The summed E-state index contributed by atoms with van der Waals surface area (Å²) in [6, 6.07) is 7.33. The summed E-state index contributed by atoms with van der Waals surface area (Å²) in [5, 5.41) is 0.651. The van der Waals surface area contributed by atoms with Crippen LogP contribution < -0.4 is 10.5 Å². The van der Waals surface area contributed by atoms with Gasteiger partial charge in [-0.1, -0.05) is 11.6 Å². The summed E-state index contributed by atoms with van der Waals surface area (Å²) in [4.78, 5) is 14.7. The number of nitrogens with zero attached hydrogens (tertiary/aromatic N) is 1. The molecule has 23 heavy (non-hydrogen) atoms. The number of amides is 1. The average molecular weight is 359 g/mol. The van der Waals surface area contributed by atoms with Gasteiger partial charge in [0.15, 0.2) is 5.60 Å². The van der Waals surface area contributed by atoms with Crippen molar-refractivity contribution in [2.75, 3.05) is 13.1 Å². The third-order valence-electron chi connectivity index (χ3n) is 4.90. The monoisotopic (exact) mass is 358 g/mol. The van der Waals surface area contributed by atoms with Crippen molar-refractivity contribution in [3.63, 3.8) is 0 Å². The van der Waals surface area contributed by atoms with Crippen molar-refractivity contribution in [3.8, 4) is 5.75 Å². The Bertz CT molecular complexity index is 562. The largest absolute Gasteiger partial charge is 0.478 e. The molecule has 3 unspecified atom stereocenters. The van der Waals surface area contributed by atoms with Crippen molar-refractivity contribution in [2.24, 2.45) is 17.6 Å². The van der Waals surface area contributed by atoms with E-state index in [1.807, 2.05) is 18.7 Å². The van der Waals surface area contributed by atoms with Gasteiger partial charge in [0, 0.05) is 24.2 Å². The van der Waals surface area contributed by atoms with E-state index < -0.39 is 5.60 Å². The maximum atomic E-state index is 12.8. The fourth-order valence-electron chi connectivity index (χ4n) is 3.70. The molecule has 3 atom stereocenters. The minimum absolute atomic E-state index is 0. The SMILES string of the molecule is CC(C)(Oc1ccc(Cl)cc1)C(=O)N1CC2CCC(N)C2C1.Cl. The molecule has 1 amide bonds. The first-order valence-corrected chi connectivity index (χ1v) is 8.24. The lowest BCUT2D eigenvalue weighted by molar-refractivity contribution is -0.144. The topological polar surface area (TPSA) is 55.6 Å². The van der Waals surface area contributed by atoms with Crippen LogP contribution in [0.1, 0.15) is 26.7 Å². The average Bonchev–Trinajstić information content (AvgIpc) is 3.03. The van der Waals surface area contributed by atoms with E-state index in [4.69, 9.17) is 22.1 Å². The number of rotatable bonds is 3. The summed E-state index contributed by atoms with van der Waals surface area (Å²) in [5.74, 6) is 1.70. The van der Waals surface area contributed by atoms with E-state index >= 15 is 0 Å². The van der Waals surface area contributed by atoms with Crippen molar-refractivity contribution < 1.29 is 9.53 Å². The molecule has 0 radical (unpaired) electrons. The van der Waals surface area contributed by atoms with Crippen LogP contribution in [-0.4, -0.2) is 35.5 Å². The van der Waals surface area contributed by atoms with Crippen molar-refractivity contribution in [3.05, 3.63) is 29.3 Å². The van der Waals surface area contributed by atoms with Gasteiger partial charge in [0.1, 0.15) is 5.75 Å². The molecule has 1 heterocycles. The second-order valence-corrected chi connectivity index (χ2v) is 7.38. The molecule has 128 valence electrons. The van der Waals surface area contributed by atoms with E-state index in [1.54, 1.807) is 24.3 Å². The molecule has 0 aromatic heterocycles. The van der Waals surface area contributed by atoms with Gasteiger partial charge in [-0.25, -0.2) is 0 Å². The highest BCUT2D eigenvalue weighted by atomic mass is 35.5. The second-order valence-electron chi connectivity index (χ2n) is 6.94. The smallest absolute Gasteiger partial charge is 0.266 e. The summed E-state index contributed by atoms with van der Waals surface area (Å²) in [6.07, 6.45) is 2.22. The third-order valence-corrected chi connectivity index (χ3v) is 5.15. The van der Waals surface area contributed by atoms with Gasteiger partial charge in [-0.15, -0.1) is 12.4 Å². The van der Waals surface area contributed by atoms with Crippen LogP contribution in [0.3, 0.4) is 0 Å². The van der Waals surface area contributed by atoms with E-state index in [-0.39, 0.29) is 24.4 Å². The molecule has 1 saturated heterocycles. The molecule has 3 rings (SSSR count). The summed E-state index contributed by atoms with van der Waals surface area (Å²) >= 11 is 5.87. The zero-order valence-electron chi connectivity index (χ0n) is 13.5. The lowest BCUT2D eigenvalue weighted by atomic mass is 9.98. The van der Waals surface area contributed by atoms with Gasteiger partial charge in [0.25, 0.3) is 5.91 Å². The summed E-state index contributed by atoms with van der Waals surface area (Å²) in [7, 11) is 0. The number of carbonyl (C=O) groups excluding carboxylic acids is 1. The number of nitrogens with two attached hydrogens (primary N) is 1. The Morgan fingerprint density at radius 2 is 1.91 bits per heavy atom. The van der Waals surface area contributed by atoms with E-state index in [0.29, 0.717) is 22.6 Å². The normalized spacial score (nSPS) is 26.6. The number of benzene rings is 1. The van der Waals surface area contributed by atoms with E-state index in [1.165, 1.54) is 0 Å². The molecular weight excluding hydrogens is 335 g/mol. The highest BCUT2D eigenvalue weighted by Crippen LogP contribution is 2.38. The standard InChI is InChI=1S/C17H23ClN2O2.ClH/c1-17(2,22-13-6-4-12(18)5-7-13)16(21)20-9-11-3-8-15(19)14(11)10-20;/h4-7,11,14-15H,3,8-10,19H2,1-2H3;1H. The molecule has 2 N–H and O–H groups in total. The first-order valence-electron chi connectivity index (χ1n) is 7.86. The number of ether oxygens (including phenoxy) is 1. The van der Waals surface area contributed by atoms with Gasteiger partial charge in [-0.05, 0) is 62.8 Å². The maximum absolute atomic E-state index is 12.8. The Morgan fingerprint density at radius 1 is 1.26 bits per heavy atom. The van der Waals surface area contributed by atoms with E-state index in [9.17, 15) is 4.79 Å². The molecule has 6 heteroatoms. The fraction of sp³-hybridized carbons (Fsp3) is 0.588. The summed E-state index contributed by atoms with van der Waals surface area (Å²) < 4.78 is 5.90. The molecule has 1 aliphatic heterocycles. The predicted octanol–water partition coefficient (Wildman–Crippen LogP) is 3.11. The zero-order chi connectivity index (χ0) is 15.9. The van der Waals surface area contributed by atoms with Gasteiger partial charge in [0.2, 0.25) is 0 Å². The molecule has 4 nitrogen and oxygen atoms in total. The molecule has 2 fully saturated rings. The van der Waals surface area contributed by atoms with Crippen molar-refractivity contribution in [1.82, 2.24) is 4.90 Å². The summed E-state index contributed by atoms with van der Waals surface area (Å²) in [5.41, 5.74) is 5.26.